The highest BCUT2D eigenvalue weighted by molar-refractivity contribution is 6.05. The topological polar surface area (TPSA) is 67.4 Å². The number of aryl methyl sites for hydroxylation is 1. The standard InChI is InChI=1S/C23H21FN2O3/c1-15-3-12-21(29-2)20(13-15)26-23(28)18-8-6-17(7-9-18)22(27)25-14-16-4-10-19(24)11-5-16/h3-13H,14H2,1-2H3,(H,25,27)(H,26,28). The molecule has 2 N–H and O–H groups in total. The van der Waals surface area contributed by atoms with Crippen molar-refractivity contribution < 1.29 is 18.7 Å². The number of hydrogen-bond donors (Lipinski definition) is 2. The highest BCUT2D eigenvalue weighted by Gasteiger charge is 2.12. The lowest BCUT2D eigenvalue weighted by Crippen LogP contribution is -2.23. The molecule has 3 rings (SSSR count). The zero-order chi connectivity index (χ0) is 20.8. The van der Waals surface area contributed by atoms with Crippen LogP contribution in [0.1, 0.15) is 31.8 Å². The second kappa shape index (κ2) is 9.01. The number of benzene rings is 3. The second-order valence-corrected chi connectivity index (χ2v) is 6.54. The van der Waals surface area contributed by atoms with Crippen LogP contribution in [-0.2, 0) is 6.54 Å². The third-order valence-corrected chi connectivity index (χ3v) is 4.38. The maximum absolute atomic E-state index is 12.9. The van der Waals surface area contributed by atoms with E-state index in [-0.39, 0.29) is 24.2 Å². The Balaban J connectivity index is 1.63. The van der Waals surface area contributed by atoms with Gasteiger partial charge in [-0.1, -0.05) is 18.2 Å². The number of carbonyl (C=O) groups excluding carboxylic acids is 2. The Morgan fingerprint density at radius 2 is 1.52 bits per heavy atom. The number of hydrogen-bond acceptors (Lipinski definition) is 3. The number of carbonyl (C=O) groups is 2. The maximum atomic E-state index is 12.9. The molecule has 0 radical (unpaired) electrons. The lowest BCUT2D eigenvalue weighted by Gasteiger charge is -2.11. The van der Waals surface area contributed by atoms with Crippen molar-refractivity contribution in [2.24, 2.45) is 0 Å². The normalized spacial score (nSPS) is 10.3. The molecular formula is C23H21FN2O3. The van der Waals surface area contributed by atoms with E-state index in [1.165, 1.54) is 12.1 Å². The molecule has 5 nitrogen and oxygen atoms in total. The summed E-state index contributed by atoms with van der Waals surface area (Å²) in [7, 11) is 1.54. The SMILES string of the molecule is COc1ccc(C)cc1NC(=O)c1ccc(C(=O)NCc2ccc(F)cc2)cc1. The maximum Gasteiger partial charge on any atom is 0.255 e. The molecule has 0 aliphatic heterocycles. The predicted molar refractivity (Wildman–Crippen MR) is 110 cm³/mol. The van der Waals surface area contributed by atoms with Gasteiger partial charge in [0.05, 0.1) is 12.8 Å². The van der Waals surface area contributed by atoms with Crippen LogP contribution >= 0.6 is 0 Å². The van der Waals surface area contributed by atoms with Crippen molar-refractivity contribution in [3.05, 3.63) is 94.8 Å². The van der Waals surface area contributed by atoms with E-state index >= 15 is 0 Å². The molecule has 0 bridgehead atoms. The minimum atomic E-state index is -0.322. The summed E-state index contributed by atoms with van der Waals surface area (Å²) >= 11 is 0. The van der Waals surface area contributed by atoms with Crippen molar-refractivity contribution in [3.63, 3.8) is 0 Å². The van der Waals surface area contributed by atoms with Crippen LogP contribution in [0.15, 0.2) is 66.7 Å². The van der Waals surface area contributed by atoms with Crippen LogP contribution in [0.4, 0.5) is 10.1 Å². The first-order chi connectivity index (χ1) is 14.0. The zero-order valence-corrected chi connectivity index (χ0v) is 16.2. The van der Waals surface area contributed by atoms with E-state index in [0.717, 1.165) is 11.1 Å². The fraction of sp³-hybridized carbons (Fsp3) is 0.130. The summed E-state index contributed by atoms with van der Waals surface area (Å²) in [5.74, 6) is -0.327. The van der Waals surface area contributed by atoms with Gasteiger partial charge in [0.25, 0.3) is 11.8 Å². The molecule has 3 aromatic rings. The molecule has 0 fully saturated rings. The van der Waals surface area contributed by atoms with Crippen molar-refractivity contribution >= 4 is 17.5 Å². The Bertz CT molecular complexity index is 1020. The van der Waals surface area contributed by atoms with Gasteiger partial charge in [-0.05, 0) is 66.6 Å². The molecule has 0 heterocycles. The Morgan fingerprint density at radius 3 is 2.14 bits per heavy atom. The molecule has 0 aliphatic carbocycles. The summed E-state index contributed by atoms with van der Waals surface area (Å²) in [5.41, 5.74) is 3.22. The molecule has 6 heteroatoms. The summed E-state index contributed by atoms with van der Waals surface area (Å²) in [4.78, 5) is 24.8. The van der Waals surface area contributed by atoms with Gasteiger partial charge >= 0.3 is 0 Å². The summed E-state index contributed by atoms with van der Waals surface area (Å²) in [6.07, 6.45) is 0. The Morgan fingerprint density at radius 1 is 0.897 bits per heavy atom. The van der Waals surface area contributed by atoms with Crippen LogP contribution in [0.2, 0.25) is 0 Å². The van der Waals surface area contributed by atoms with Gasteiger partial charge in [0.1, 0.15) is 11.6 Å². The highest BCUT2D eigenvalue weighted by atomic mass is 19.1. The van der Waals surface area contributed by atoms with Crippen molar-refractivity contribution in [2.45, 2.75) is 13.5 Å². The smallest absolute Gasteiger partial charge is 0.255 e. The minimum Gasteiger partial charge on any atom is -0.495 e. The van der Waals surface area contributed by atoms with E-state index in [1.54, 1.807) is 49.6 Å². The molecule has 29 heavy (non-hydrogen) atoms. The zero-order valence-electron chi connectivity index (χ0n) is 16.2. The van der Waals surface area contributed by atoms with Crippen LogP contribution in [0.3, 0.4) is 0 Å². The molecule has 3 aromatic carbocycles. The van der Waals surface area contributed by atoms with Crippen molar-refractivity contribution in [1.82, 2.24) is 5.32 Å². The Hall–Kier alpha value is -3.67. The first kappa shape index (κ1) is 20.1. The van der Waals surface area contributed by atoms with Gasteiger partial charge in [0.2, 0.25) is 0 Å². The van der Waals surface area contributed by atoms with Crippen LogP contribution in [-0.4, -0.2) is 18.9 Å². The van der Waals surface area contributed by atoms with Gasteiger partial charge in [0.15, 0.2) is 0 Å². The van der Waals surface area contributed by atoms with Gasteiger partial charge in [-0.25, -0.2) is 4.39 Å². The van der Waals surface area contributed by atoms with Gasteiger partial charge in [0, 0.05) is 17.7 Å². The fourth-order valence-electron chi connectivity index (χ4n) is 2.77. The second-order valence-electron chi connectivity index (χ2n) is 6.54. The predicted octanol–water partition coefficient (Wildman–Crippen LogP) is 4.33. The molecule has 0 spiro atoms. The molecule has 2 amide bonds. The van der Waals surface area contributed by atoms with E-state index in [1.807, 2.05) is 19.1 Å². The number of anilines is 1. The molecule has 148 valence electrons. The van der Waals surface area contributed by atoms with E-state index in [2.05, 4.69) is 10.6 Å². The highest BCUT2D eigenvalue weighted by Crippen LogP contribution is 2.25. The molecular weight excluding hydrogens is 371 g/mol. The molecule has 0 atom stereocenters. The first-order valence-electron chi connectivity index (χ1n) is 9.05. The van der Waals surface area contributed by atoms with E-state index < -0.39 is 0 Å². The number of amides is 2. The molecule has 0 aromatic heterocycles. The van der Waals surface area contributed by atoms with Gasteiger partial charge in [-0.15, -0.1) is 0 Å². The van der Waals surface area contributed by atoms with Crippen LogP contribution in [0, 0.1) is 12.7 Å². The number of nitrogens with one attached hydrogen (secondary N) is 2. The number of halogens is 1. The third kappa shape index (κ3) is 5.19. The number of ether oxygens (including phenoxy) is 1. The monoisotopic (exact) mass is 392 g/mol. The summed E-state index contributed by atoms with van der Waals surface area (Å²) in [6, 6.07) is 17.8. The molecule has 0 unspecified atom stereocenters. The Kier molecular flexibility index (Phi) is 6.24. The number of rotatable bonds is 6. The van der Waals surface area contributed by atoms with Gasteiger partial charge in [-0.2, -0.15) is 0 Å². The average molecular weight is 392 g/mol. The molecule has 0 saturated carbocycles. The summed E-state index contributed by atoms with van der Waals surface area (Å²) < 4.78 is 18.2. The van der Waals surface area contributed by atoms with Gasteiger partial charge in [-0.3, -0.25) is 9.59 Å². The molecule has 0 saturated heterocycles. The first-order valence-corrected chi connectivity index (χ1v) is 9.05. The lowest BCUT2D eigenvalue weighted by atomic mass is 10.1. The van der Waals surface area contributed by atoms with E-state index in [9.17, 15) is 14.0 Å². The summed E-state index contributed by atoms with van der Waals surface area (Å²) in [5, 5.41) is 5.59. The number of methoxy groups -OCH3 is 1. The van der Waals surface area contributed by atoms with Crippen LogP contribution < -0.4 is 15.4 Å². The van der Waals surface area contributed by atoms with Crippen molar-refractivity contribution in [3.8, 4) is 5.75 Å². The third-order valence-electron chi connectivity index (χ3n) is 4.38. The molecule has 0 aliphatic rings. The van der Waals surface area contributed by atoms with Crippen LogP contribution in [0.25, 0.3) is 0 Å². The van der Waals surface area contributed by atoms with E-state index in [0.29, 0.717) is 22.6 Å². The summed E-state index contributed by atoms with van der Waals surface area (Å²) in [6.45, 7) is 2.21. The fourth-order valence-corrected chi connectivity index (χ4v) is 2.77. The largest absolute Gasteiger partial charge is 0.495 e. The quantitative estimate of drug-likeness (QED) is 0.656. The van der Waals surface area contributed by atoms with Gasteiger partial charge < -0.3 is 15.4 Å². The Labute approximate surface area is 168 Å². The van der Waals surface area contributed by atoms with E-state index in [4.69, 9.17) is 4.74 Å². The van der Waals surface area contributed by atoms with Crippen molar-refractivity contribution in [1.29, 1.82) is 0 Å². The average Bonchev–Trinajstić information content (AvgIpc) is 2.73. The van der Waals surface area contributed by atoms with Crippen LogP contribution in [0.5, 0.6) is 5.75 Å². The lowest BCUT2D eigenvalue weighted by molar-refractivity contribution is 0.0949. The van der Waals surface area contributed by atoms with Crippen molar-refractivity contribution in [2.75, 3.05) is 12.4 Å². The minimum absolute atomic E-state index is 0.276.